The fraction of sp³-hybridized carbons (Fsp3) is 0.409. The van der Waals surface area contributed by atoms with Crippen molar-refractivity contribution < 1.29 is 9.66 Å². The van der Waals surface area contributed by atoms with E-state index in [4.69, 9.17) is 4.74 Å². The van der Waals surface area contributed by atoms with Crippen molar-refractivity contribution in [3.63, 3.8) is 0 Å². The Kier molecular flexibility index (Phi) is 8.22. The Hall–Kier alpha value is -2.24. The highest BCUT2D eigenvalue weighted by Gasteiger charge is 2.41. The molecule has 0 saturated carbocycles. The molecule has 0 bridgehead atoms. The third-order valence-electron chi connectivity index (χ3n) is 5.78. The van der Waals surface area contributed by atoms with Gasteiger partial charge in [-0.2, -0.15) is 0 Å². The molecule has 8 nitrogen and oxygen atoms in total. The highest BCUT2D eigenvalue weighted by molar-refractivity contribution is 14.0. The van der Waals surface area contributed by atoms with E-state index in [2.05, 4.69) is 44.4 Å². The van der Waals surface area contributed by atoms with E-state index in [9.17, 15) is 10.1 Å². The number of hydrogen-bond donors (Lipinski definition) is 1. The smallest absolute Gasteiger partial charge is 0.274 e. The summed E-state index contributed by atoms with van der Waals surface area (Å²) in [5.41, 5.74) is 2.06. The van der Waals surface area contributed by atoms with E-state index in [-0.39, 0.29) is 40.7 Å². The number of benzene rings is 2. The third kappa shape index (κ3) is 5.52. The fourth-order valence-electron chi connectivity index (χ4n) is 4.29. The Bertz CT molecular complexity index is 911. The van der Waals surface area contributed by atoms with E-state index in [0.717, 1.165) is 38.7 Å². The summed E-state index contributed by atoms with van der Waals surface area (Å²) < 4.78 is 6.05. The molecule has 2 aromatic rings. The Morgan fingerprint density at radius 2 is 1.94 bits per heavy atom. The van der Waals surface area contributed by atoms with Crippen LogP contribution in [-0.2, 0) is 17.8 Å². The number of nitrogens with one attached hydrogen (secondary N) is 1. The van der Waals surface area contributed by atoms with Crippen molar-refractivity contribution in [2.24, 2.45) is 4.99 Å². The van der Waals surface area contributed by atoms with Gasteiger partial charge in [0, 0.05) is 51.4 Å². The number of hydrogen-bond acceptors (Lipinski definition) is 5. The number of fused-ring (bicyclic) bond motifs is 1. The average Bonchev–Trinajstić information content (AvgIpc) is 3.20. The van der Waals surface area contributed by atoms with Gasteiger partial charge in [-0.15, -0.1) is 24.0 Å². The first-order chi connectivity index (χ1) is 14.7. The van der Waals surface area contributed by atoms with Crippen LogP contribution in [0.2, 0.25) is 0 Å². The highest BCUT2D eigenvalue weighted by Crippen LogP contribution is 2.25. The molecule has 2 unspecified atom stereocenters. The van der Waals surface area contributed by atoms with Crippen LogP contribution in [0, 0.1) is 10.1 Å². The van der Waals surface area contributed by atoms with Crippen molar-refractivity contribution in [3.05, 3.63) is 75.8 Å². The minimum atomic E-state index is -0.348. The second kappa shape index (κ2) is 10.9. The predicted molar refractivity (Wildman–Crippen MR) is 131 cm³/mol. The molecule has 2 aliphatic rings. The second-order valence-corrected chi connectivity index (χ2v) is 7.62. The Morgan fingerprint density at radius 3 is 2.68 bits per heavy atom. The monoisotopic (exact) mass is 537 g/mol. The number of halogens is 1. The van der Waals surface area contributed by atoms with Crippen molar-refractivity contribution in [1.82, 2.24) is 15.1 Å². The zero-order chi connectivity index (χ0) is 20.9. The van der Waals surface area contributed by atoms with E-state index in [1.165, 1.54) is 11.6 Å². The molecule has 31 heavy (non-hydrogen) atoms. The second-order valence-electron chi connectivity index (χ2n) is 7.62. The lowest BCUT2D eigenvalue weighted by molar-refractivity contribution is -0.385. The van der Waals surface area contributed by atoms with E-state index < -0.39 is 0 Å². The van der Waals surface area contributed by atoms with Crippen LogP contribution in [0.4, 0.5) is 5.69 Å². The van der Waals surface area contributed by atoms with Gasteiger partial charge in [-0.25, -0.2) is 0 Å². The van der Waals surface area contributed by atoms with Gasteiger partial charge < -0.3 is 15.0 Å². The summed E-state index contributed by atoms with van der Waals surface area (Å²) in [6.07, 6.45) is 0.132. The first-order valence-electron chi connectivity index (χ1n) is 10.2. The third-order valence-corrected chi connectivity index (χ3v) is 5.78. The van der Waals surface area contributed by atoms with Crippen molar-refractivity contribution in [3.8, 4) is 0 Å². The average molecular weight is 537 g/mol. The first kappa shape index (κ1) is 23.4. The molecule has 0 aromatic heterocycles. The van der Waals surface area contributed by atoms with Crippen LogP contribution in [-0.4, -0.2) is 66.1 Å². The summed E-state index contributed by atoms with van der Waals surface area (Å²) in [6, 6.07) is 17.6. The Balaban J connectivity index is 0.00000272. The molecule has 2 saturated heterocycles. The number of rotatable bonds is 5. The molecule has 2 heterocycles. The summed E-state index contributed by atoms with van der Waals surface area (Å²) in [5, 5.41) is 14.6. The molecule has 0 radical (unpaired) electrons. The minimum Gasteiger partial charge on any atom is -0.373 e. The van der Waals surface area contributed by atoms with Crippen LogP contribution in [0.5, 0.6) is 0 Å². The lowest BCUT2D eigenvalue weighted by atomic mass is 10.1. The highest BCUT2D eigenvalue weighted by atomic mass is 127. The number of aliphatic imine (C=N–C) groups is 1. The van der Waals surface area contributed by atoms with E-state index in [0.29, 0.717) is 18.2 Å². The van der Waals surface area contributed by atoms with Crippen LogP contribution in [0.15, 0.2) is 59.6 Å². The van der Waals surface area contributed by atoms with Gasteiger partial charge in [0.05, 0.1) is 23.7 Å². The largest absolute Gasteiger partial charge is 0.373 e. The van der Waals surface area contributed by atoms with Crippen molar-refractivity contribution in [2.45, 2.75) is 25.2 Å². The van der Waals surface area contributed by atoms with Crippen molar-refractivity contribution >= 4 is 35.6 Å². The van der Waals surface area contributed by atoms with Crippen molar-refractivity contribution in [1.29, 1.82) is 0 Å². The number of nitro groups is 1. The normalized spacial score (nSPS) is 21.3. The molecule has 2 aliphatic heterocycles. The Morgan fingerprint density at radius 1 is 1.19 bits per heavy atom. The topological polar surface area (TPSA) is 83.2 Å². The summed E-state index contributed by atoms with van der Waals surface area (Å²) in [5.74, 6) is 0.741. The number of likely N-dealkylation sites (tertiary alicyclic amines) is 1. The van der Waals surface area contributed by atoms with Gasteiger partial charge in [0.2, 0.25) is 0 Å². The number of nitrogens with zero attached hydrogens (tertiary/aromatic N) is 4. The summed E-state index contributed by atoms with van der Waals surface area (Å²) in [6.45, 7) is 4.46. The van der Waals surface area contributed by atoms with Crippen molar-refractivity contribution in [2.75, 3.05) is 33.3 Å². The Labute approximate surface area is 199 Å². The molecule has 166 valence electrons. The van der Waals surface area contributed by atoms with Crippen LogP contribution >= 0.6 is 24.0 Å². The molecule has 0 spiro atoms. The zero-order valence-corrected chi connectivity index (χ0v) is 19.8. The summed E-state index contributed by atoms with van der Waals surface area (Å²) in [7, 11) is 1.74. The lowest BCUT2D eigenvalue weighted by Gasteiger charge is -2.36. The molecular weight excluding hydrogens is 509 g/mol. The summed E-state index contributed by atoms with van der Waals surface area (Å²) >= 11 is 0. The fourth-order valence-corrected chi connectivity index (χ4v) is 4.29. The number of nitro benzene ring substituents is 1. The first-order valence-corrected chi connectivity index (χ1v) is 10.2. The molecule has 0 amide bonds. The maximum Gasteiger partial charge on any atom is 0.274 e. The molecule has 2 atom stereocenters. The van der Waals surface area contributed by atoms with E-state index >= 15 is 0 Å². The van der Waals surface area contributed by atoms with Crippen LogP contribution < -0.4 is 5.32 Å². The molecule has 9 heteroatoms. The molecule has 4 rings (SSSR count). The van der Waals surface area contributed by atoms with E-state index in [1.54, 1.807) is 19.2 Å². The maximum absolute atomic E-state index is 11.3. The number of guanidine groups is 1. The molecule has 1 N–H and O–H groups in total. The van der Waals surface area contributed by atoms with Gasteiger partial charge in [0.25, 0.3) is 5.69 Å². The standard InChI is InChI=1S/C22H27N5O3.HI/c1-23-22(24-13-18-9-5-6-10-19(18)27(28)29)26-15-20-21(16-26)30-12-11-25(20)14-17-7-3-2-4-8-17;/h2-10,20-21H,11-16H2,1H3,(H,23,24);1H. The zero-order valence-electron chi connectivity index (χ0n) is 17.5. The minimum absolute atomic E-state index is 0. The van der Waals surface area contributed by atoms with Gasteiger partial charge in [-0.05, 0) is 5.56 Å². The van der Waals surface area contributed by atoms with Gasteiger partial charge in [0.15, 0.2) is 5.96 Å². The molecule has 2 fully saturated rings. The van der Waals surface area contributed by atoms with Gasteiger partial charge in [-0.1, -0.05) is 48.5 Å². The van der Waals surface area contributed by atoms with Crippen LogP contribution in [0.1, 0.15) is 11.1 Å². The van der Waals surface area contributed by atoms with Gasteiger partial charge >= 0.3 is 0 Å². The molecule has 2 aromatic carbocycles. The summed E-state index contributed by atoms with van der Waals surface area (Å²) in [4.78, 5) is 20.0. The number of ether oxygens (including phenoxy) is 1. The van der Waals surface area contributed by atoms with Gasteiger partial charge in [0.1, 0.15) is 0 Å². The predicted octanol–water partition coefficient (Wildman–Crippen LogP) is 2.87. The van der Waals surface area contributed by atoms with E-state index in [1.807, 2.05) is 12.1 Å². The number of morpholine rings is 1. The van der Waals surface area contributed by atoms with Crippen LogP contribution in [0.3, 0.4) is 0 Å². The molecular formula is C22H28IN5O3. The van der Waals surface area contributed by atoms with Crippen LogP contribution in [0.25, 0.3) is 0 Å². The van der Waals surface area contributed by atoms with Gasteiger partial charge in [-0.3, -0.25) is 20.0 Å². The molecule has 0 aliphatic carbocycles. The quantitative estimate of drug-likeness (QED) is 0.208. The SMILES string of the molecule is CN=C(NCc1ccccc1[N+](=O)[O-])N1CC2OCCN(Cc3ccccc3)C2C1.I. The maximum atomic E-state index is 11.3. The lowest BCUT2D eigenvalue weighted by Crippen LogP contribution is -2.50. The number of para-hydroxylation sites is 1.